The summed E-state index contributed by atoms with van der Waals surface area (Å²) in [5.41, 5.74) is 6.76. The minimum atomic E-state index is 1.02. The number of halogens is 1. The summed E-state index contributed by atoms with van der Waals surface area (Å²) in [7, 11) is 0. The van der Waals surface area contributed by atoms with Crippen molar-refractivity contribution in [1.82, 2.24) is 9.38 Å². The summed E-state index contributed by atoms with van der Waals surface area (Å²) in [4.78, 5) is 5.02. The third-order valence-corrected chi connectivity index (χ3v) is 5.18. The molecular weight excluding hydrogens is 372 g/mol. The van der Waals surface area contributed by atoms with Crippen LogP contribution in [0.2, 0.25) is 0 Å². The maximum atomic E-state index is 5.02. The molecule has 120 valence electrons. The van der Waals surface area contributed by atoms with Crippen LogP contribution in [0.4, 0.5) is 0 Å². The van der Waals surface area contributed by atoms with Crippen molar-refractivity contribution in [2.24, 2.45) is 0 Å². The van der Waals surface area contributed by atoms with E-state index >= 15 is 0 Å². The molecule has 3 aromatic heterocycles. The van der Waals surface area contributed by atoms with Crippen LogP contribution < -0.4 is 0 Å². The number of nitrogens with zero attached hydrogens (tertiary/aromatic N) is 2. The van der Waals surface area contributed by atoms with Crippen molar-refractivity contribution >= 4 is 43.3 Å². The maximum Gasteiger partial charge on any atom is 0.0956 e. The van der Waals surface area contributed by atoms with Gasteiger partial charge in [-0.3, -0.25) is 0 Å². The predicted octanol–water partition coefficient (Wildman–Crippen LogP) is 6.38. The number of para-hydroxylation sites is 1. The molecular formula is C22H15BrN2. The SMILES string of the molecule is Cc1ccc(-c2nc3ccccc3c3cc4ccc(Br)cn4c23)cc1. The third-order valence-electron chi connectivity index (χ3n) is 4.71. The molecule has 0 N–H and O–H groups in total. The Morgan fingerprint density at radius 1 is 0.880 bits per heavy atom. The summed E-state index contributed by atoms with van der Waals surface area (Å²) in [5, 5.41) is 2.42. The summed E-state index contributed by atoms with van der Waals surface area (Å²) in [5.74, 6) is 0. The minimum Gasteiger partial charge on any atom is -0.313 e. The summed E-state index contributed by atoms with van der Waals surface area (Å²) in [6.07, 6.45) is 2.12. The van der Waals surface area contributed by atoms with Crippen LogP contribution in [0, 0.1) is 6.92 Å². The molecule has 25 heavy (non-hydrogen) atoms. The first-order chi connectivity index (χ1) is 12.2. The second kappa shape index (κ2) is 5.43. The lowest BCUT2D eigenvalue weighted by molar-refractivity contribution is 1.23. The molecule has 0 bridgehead atoms. The van der Waals surface area contributed by atoms with Crippen molar-refractivity contribution in [3.8, 4) is 11.3 Å². The van der Waals surface area contributed by atoms with Gasteiger partial charge in [-0.05, 0) is 47.1 Å². The Hall–Kier alpha value is -2.65. The van der Waals surface area contributed by atoms with E-state index in [2.05, 4.69) is 94.1 Å². The molecule has 5 rings (SSSR count). The van der Waals surface area contributed by atoms with E-state index in [1.54, 1.807) is 0 Å². The average Bonchev–Trinajstić information content (AvgIpc) is 3.01. The summed E-state index contributed by atoms with van der Waals surface area (Å²) >= 11 is 3.60. The lowest BCUT2D eigenvalue weighted by Crippen LogP contribution is -1.92. The molecule has 0 aliphatic heterocycles. The van der Waals surface area contributed by atoms with E-state index in [-0.39, 0.29) is 0 Å². The fraction of sp³-hybridized carbons (Fsp3) is 0.0455. The van der Waals surface area contributed by atoms with Crippen LogP contribution in [0.5, 0.6) is 0 Å². The number of aryl methyl sites for hydroxylation is 1. The van der Waals surface area contributed by atoms with E-state index in [0.29, 0.717) is 0 Å². The smallest absolute Gasteiger partial charge is 0.0956 e. The summed E-state index contributed by atoms with van der Waals surface area (Å²) in [6.45, 7) is 2.11. The molecule has 2 nitrogen and oxygen atoms in total. The molecule has 3 heterocycles. The van der Waals surface area contributed by atoms with Gasteiger partial charge in [0.05, 0.1) is 16.7 Å². The van der Waals surface area contributed by atoms with Crippen LogP contribution in [-0.2, 0) is 0 Å². The van der Waals surface area contributed by atoms with Gasteiger partial charge in [0.25, 0.3) is 0 Å². The van der Waals surface area contributed by atoms with E-state index in [9.17, 15) is 0 Å². The molecule has 3 heteroatoms. The molecule has 0 unspecified atom stereocenters. The highest BCUT2D eigenvalue weighted by atomic mass is 79.9. The van der Waals surface area contributed by atoms with Crippen molar-refractivity contribution in [3.05, 3.63) is 83.0 Å². The number of rotatable bonds is 1. The Morgan fingerprint density at radius 3 is 2.52 bits per heavy atom. The van der Waals surface area contributed by atoms with Crippen molar-refractivity contribution < 1.29 is 0 Å². The van der Waals surface area contributed by atoms with Gasteiger partial charge in [-0.15, -0.1) is 0 Å². The zero-order valence-electron chi connectivity index (χ0n) is 13.7. The molecule has 2 aromatic carbocycles. The number of aromatic nitrogens is 2. The number of pyridine rings is 2. The Morgan fingerprint density at radius 2 is 1.68 bits per heavy atom. The standard InChI is InChI=1S/C22H15BrN2/c1-14-6-8-15(9-7-14)21-22-19(18-4-2-3-5-20(18)24-21)12-17-11-10-16(23)13-25(17)22/h2-13H,1H3. The van der Waals surface area contributed by atoms with Gasteiger partial charge in [0, 0.05) is 32.5 Å². The van der Waals surface area contributed by atoms with Gasteiger partial charge >= 0.3 is 0 Å². The Kier molecular flexibility index (Phi) is 3.19. The zero-order valence-corrected chi connectivity index (χ0v) is 15.3. The summed E-state index contributed by atoms with van der Waals surface area (Å²) < 4.78 is 3.29. The Balaban J connectivity index is 2.01. The lowest BCUT2D eigenvalue weighted by Gasteiger charge is -2.09. The zero-order chi connectivity index (χ0) is 17.0. The summed E-state index contributed by atoms with van der Waals surface area (Å²) in [6, 6.07) is 23.4. The number of benzene rings is 2. The molecule has 0 aliphatic carbocycles. The highest BCUT2D eigenvalue weighted by Crippen LogP contribution is 2.35. The average molecular weight is 387 g/mol. The predicted molar refractivity (Wildman–Crippen MR) is 108 cm³/mol. The molecule has 0 radical (unpaired) electrons. The normalized spacial score (nSPS) is 11.6. The second-order valence-electron chi connectivity index (χ2n) is 6.39. The molecule has 0 saturated heterocycles. The van der Waals surface area contributed by atoms with Gasteiger partial charge in [0.2, 0.25) is 0 Å². The van der Waals surface area contributed by atoms with E-state index < -0.39 is 0 Å². The van der Waals surface area contributed by atoms with Gasteiger partial charge in [0.1, 0.15) is 0 Å². The molecule has 0 saturated carbocycles. The van der Waals surface area contributed by atoms with Crippen LogP contribution in [0.15, 0.2) is 77.4 Å². The van der Waals surface area contributed by atoms with E-state index in [1.165, 1.54) is 21.9 Å². The molecule has 0 aliphatic rings. The minimum absolute atomic E-state index is 1.02. The van der Waals surface area contributed by atoms with Gasteiger partial charge in [-0.25, -0.2) is 4.98 Å². The van der Waals surface area contributed by atoms with Gasteiger partial charge in [-0.2, -0.15) is 0 Å². The van der Waals surface area contributed by atoms with Crippen molar-refractivity contribution in [3.63, 3.8) is 0 Å². The quantitative estimate of drug-likeness (QED) is 0.326. The highest BCUT2D eigenvalue weighted by Gasteiger charge is 2.14. The van der Waals surface area contributed by atoms with Crippen molar-refractivity contribution in [2.45, 2.75) is 6.92 Å². The second-order valence-corrected chi connectivity index (χ2v) is 7.31. The van der Waals surface area contributed by atoms with Crippen LogP contribution in [0.1, 0.15) is 5.56 Å². The van der Waals surface area contributed by atoms with Gasteiger partial charge in [0.15, 0.2) is 0 Å². The van der Waals surface area contributed by atoms with Gasteiger partial charge < -0.3 is 4.40 Å². The maximum absolute atomic E-state index is 5.02. The third kappa shape index (κ3) is 2.27. The highest BCUT2D eigenvalue weighted by molar-refractivity contribution is 9.10. The van der Waals surface area contributed by atoms with E-state index in [1.807, 2.05) is 6.07 Å². The van der Waals surface area contributed by atoms with E-state index in [4.69, 9.17) is 4.98 Å². The molecule has 0 spiro atoms. The number of hydrogen-bond donors (Lipinski definition) is 0. The number of fused-ring (bicyclic) bond motifs is 5. The Bertz CT molecular complexity index is 1250. The lowest BCUT2D eigenvalue weighted by atomic mass is 10.0. The van der Waals surface area contributed by atoms with Crippen molar-refractivity contribution in [1.29, 1.82) is 0 Å². The first kappa shape index (κ1) is 14.7. The number of hydrogen-bond acceptors (Lipinski definition) is 1. The Labute approximate surface area is 153 Å². The first-order valence-corrected chi connectivity index (χ1v) is 9.06. The molecule has 0 fully saturated rings. The van der Waals surface area contributed by atoms with Crippen LogP contribution >= 0.6 is 15.9 Å². The van der Waals surface area contributed by atoms with Crippen molar-refractivity contribution in [2.75, 3.05) is 0 Å². The van der Waals surface area contributed by atoms with Crippen LogP contribution in [0.25, 0.3) is 38.6 Å². The van der Waals surface area contributed by atoms with Crippen LogP contribution in [-0.4, -0.2) is 9.38 Å². The van der Waals surface area contributed by atoms with Crippen LogP contribution in [0.3, 0.4) is 0 Å². The fourth-order valence-corrected chi connectivity index (χ4v) is 3.81. The largest absolute Gasteiger partial charge is 0.313 e. The molecule has 0 amide bonds. The van der Waals surface area contributed by atoms with E-state index in [0.717, 1.165) is 26.8 Å². The fourth-order valence-electron chi connectivity index (χ4n) is 3.48. The molecule has 0 atom stereocenters. The first-order valence-electron chi connectivity index (χ1n) is 8.27. The van der Waals surface area contributed by atoms with Gasteiger partial charge in [-0.1, -0.05) is 48.0 Å². The topological polar surface area (TPSA) is 17.3 Å². The monoisotopic (exact) mass is 386 g/mol. The molecule has 5 aromatic rings.